The minimum absolute atomic E-state index is 0.279. The maximum atomic E-state index is 13.9. The van der Waals surface area contributed by atoms with Gasteiger partial charge in [-0.05, 0) is 49.0 Å². The van der Waals surface area contributed by atoms with E-state index in [4.69, 9.17) is 0 Å². The van der Waals surface area contributed by atoms with Crippen LogP contribution in [0.25, 0.3) is 0 Å². The van der Waals surface area contributed by atoms with Crippen molar-refractivity contribution in [3.63, 3.8) is 0 Å². The summed E-state index contributed by atoms with van der Waals surface area (Å²) in [5.74, 6) is -0.893. The Morgan fingerprint density at radius 1 is 1.00 bits per heavy atom. The molecule has 0 amide bonds. The molecule has 0 aliphatic heterocycles. The maximum absolute atomic E-state index is 13.9. The minimum Gasteiger partial charge on any atom is -0.309 e. The molecule has 5 heteroatoms. The van der Waals surface area contributed by atoms with Crippen molar-refractivity contribution in [3.8, 4) is 0 Å². The summed E-state index contributed by atoms with van der Waals surface area (Å²) in [6, 6.07) is 8.65. The average Bonchev–Trinajstić information content (AvgIpc) is 2.38. The summed E-state index contributed by atoms with van der Waals surface area (Å²) in [7, 11) is 1.71. The van der Waals surface area contributed by atoms with Gasteiger partial charge in [-0.25, -0.2) is 8.78 Å². The fourth-order valence-corrected chi connectivity index (χ4v) is 2.80. The van der Waals surface area contributed by atoms with Crippen molar-refractivity contribution in [1.29, 1.82) is 0 Å². The smallest absolute Gasteiger partial charge is 0.128 e. The van der Waals surface area contributed by atoms with E-state index in [1.54, 1.807) is 7.05 Å². The maximum Gasteiger partial charge on any atom is 0.128 e. The molecule has 0 heterocycles. The van der Waals surface area contributed by atoms with Crippen LogP contribution in [0.2, 0.25) is 0 Å². The van der Waals surface area contributed by atoms with E-state index in [1.807, 2.05) is 18.2 Å². The highest BCUT2D eigenvalue weighted by atomic mass is 79.9. The molecule has 2 aromatic rings. The highest BCUT2D eigenvalue weighted by Crippen LogP contribution is 2.32. The second-order valence-electron chi connectivity index (χ2n) is 4.05. The molecule has 0 fully saturated rings. The molecule has 100 valence electrons. The Morgan fingerprint density at radius 3 is 2.42 bits per heavy atom. The average molecular weight is 391 g/mol. The lowest BCUT2D eigenvalue weighted by Gasteiger charge is -2.19. The second kappa shape index (κ2) is 6.11. The van der Waals surface area contributed by atoms with E-state index in [9.17, 15) is 8.78 Å². The van der Waals surface area contributed by atoms with Crippen molar-refractivity contribution in [2.75, 3.05) is 7.05 Å². The van der Waals surface area contributed by atoms with Gasteiger partial charge in [0.2, 0.25) is 0 Å². The quantitative estimate of drug-likeness (QED) is 0.793. The molecule has 0 radical (unpaired) electrons. The van der Waals surface area contributed by atoms with Gasteiger partial charge in [0.05, 0.1) is 6.04 Å². The van der Waals surface area contributed by atoms with Crippen molar-refractivity contribution in [3.05, 3.63) is 68.1 Å². The highest BCUT2D eigenvalue weighted by molar-refractivity contribution is 9.11. The van der Waals surface area contributed by atoms with Crippen LogP contribution in [0.1, 0.15) is 17.2 Å². The van der Waals surface area contributed by atoms with Crippen LogP contribution in [0.5, 0.6) is 0 Å². The van der Waals surface area contributed by atoms with Crippen LogP contribution in [0, 0.1) is 11.6 Å². The zero-order valence-electron chi connectivity index (χ0n) is 10.1. The molecule has 1 N–H and O–H groups in total. The van der Waals surface area contributed by atoms with Crippen LogP contribution >= 0.6 is 31.9 Å². The van der Waals surface area contributed by atoms with Crippen LogP contribution < -0.4 is 5.32 Å². The van der Waals surface area contributed by atoms with Crippen LogP contribution in [-0.4, -0.2) is 7.05 Å². The van der Waals surface area contributed by atoms with Gasteiger partial charge in [-0.2, -0.15) is 0 Å². The number of rotatable bonds is 3. The van der Waals surface area contributed by atoms with Crippen molar-refractivity contribution >= 4 is 31.9 Å². The molecule has 0 bridgehead atoms. The van der Waals surface area contributed by atoms with Crippen LogP contribution in [-0.2, 0) is 0 Å². The highest BCUT2D eigenvalue weighted by Gasteiger charge is 2.19. The van der Waals surface area contributed by atoms with Crippen LogP contribution in [0.4, 0.5) is 8.78 Å². The number of nitrogens with one attached hydrogen (secondary N) is 1. The summed E-state index contributed by atoms with van der Waals surface area (Å²) in [5.41, 5.74) is 1.11. The van der Waals surface area contributed by atoms with Gasteiger partial charge in [-0.15, -0.1) is 0 Å². The van der Waals surface area contributed by atoms with Gasteiger partial charge in [0, 0.05) is 14.5 Å². The first-order valence-electron chi connectivity index (χ1n) is 5.60. The topological polar surface area (TPSA) is 12.0 Å². The molecule has 0 aliphatic rings. The molecule has 0 aliphatic carbocycles. The summed E-state index contributed by atoms with van der Waals surface area (Å²) in [6.07, 6.45) is 0. The van der Waals surface area contributed by atoms with Gasteiger partial charge >= 0.3 is 0 Å². The number of hydrogen-bond donors (Lipinski definition) is 1. The third-order valence-electron chi connectivity index (χ3n) is 2.83. The molecule has 2 rings (SSSR count). The van der Waals surface area contributed by atoms with E-state index in [0.717, 1.165) is 26.6 Å². The molecule has 19 heavy (non-hydrogen) atoms. The number of hydrogen-bond acceptors (Lipinski definition) is 1. The first-order valence-corrected chi connectivity index (χ1v) is 7.18. The van der Waals surface area contributed by atoms with Crippen LogP contribution in [0.15, 0.2) is 45.3 Å². The summed E-state index contributed by atoms with van der Waals surface area (Å²) >= 11 is 6.82. The van der Waals surface area contributed by atoms with Gasteiger partial charge in [0.15, 0.2) is 0 Å². The fraction of sp³-hybridized carbons (Fsp3) is 0.143. The Kier molecular flexibility index (Phi) is 4.71. The third-order valence-corrected chi connectivity index (χ3v) is 4.04. The molecule has 0 aromatic heterocycles. The summed E-state index contributed by atoms with van der Waals surface area (Å²) in [6.45, 7) is 0. The lowest BCUT2D eigenvalue weighted by atomic mass is 9.98. The lowest BCUT2D eigenvalue weighted by Crippen LogP contribution is -2.19. The Balaban J connectivity index is 2.55. The zero-order valence-corrected chi connectivity index (χ0v) is 13.2. The van der Waals surface area contributed by atoms with E-state index in [2.05, 4.69) is 37.2 Å². The zero-order chi connectivity index (χ0) is 14.0. The van der Waals surface area contributed by atoms with Gasteiger partial charge < -0.3 is 5.32 Å². The fourth-order valence-electron chi connectivity index (χ4n) is 1.95. The predicted octanol–water partition coefficient (Wildman–Crippen LogP) is 4.80. The van der Waals surface area contributed by atoms with E-state index in [1.165, 1.54) is 6.07 Å². The van der Waals surface area contributed by atoms with Crippen LogP contribution in [0.3, 0.4) is 0 Å². The molecular weight excluding hydrogens is 380 g/mol. The SMILES string of the molecule is CNC(c1cc(F)ccc1F)c1cc(Br)ccc1Br. The molecule has 1 atom stereocenters. The molecule has 0 saturated heterocycles. The third kappa shape index (κ3) is 3.22. The summed E-state index contributed by atoms with van der Waals surface area (Å²) < 4.78 is 28.9. The summed E-state index contributed by atoms with van der Waals surface area (Å²) in [5, 5.41) is 3.01. The number of halogens is 4. The van der Waals surface area contributed by atoms with Crippen molar-refractivity contribution in [2.24, 2.45) is 0 Å². The Morgan fingerprint density at radius 2 is 1.74 bits per heavy atom. The predicted molar refractivity (Wildman–Crippen MR) is 79.1 cm³/mol. The van der Waals surface area contributed by atoms with Gasteiger partial charge in [0.25, 0.3) is 0 Å². The van der Waals surface area contributed by atoms with E-state index in [0.29, 0.717) is 0 Å². The van der Waals surface area contributed by atoms with Gasteiger partial charge in [-0.3, -0.25) is 0 Å². The molecule has 1 nitrogen and oxygen atoms in total. The minimum atomic E-state index is -0.456. The van der Waals surface area contributed by atoms with Crippen molar-refractivity contribution in [1.82, 2.24) is 5.32 Å². The lowest BCUT2D eigenvalue weighted by molar-refractivity contribution is 0.557. The van der Waals surface area contributed by atoms with E-state index < -0.39 is 17.7 Å². The Hall–Kier alpha value is -0.780. The van der Waals surface area contributed by atoms with E-state index >= 15 is 0 Å². The molecule has 0 spiro atoms. The molecule has 2 aromatic carbocycles. The van der Waals surface area contributed by atoms with Crippen molar-refractivity contribution in [2.45, 2.75) is 6.04 Å². The normalized spacial score (nSPS) is 12.5. The monoisotopic (exact) mass is 389 g/mol. The largest absolute Gasteiger partial charge is 0.309 e. The molecule has 1 unspecified atom stereocenters. The second-order valence-corrected chi connectivity index (χ2v) is 5.82. The first kappa shape index (κ1) is 14.6. The van der Waals surface area contributed by atoms with Crippen molar-refractivity contribution < 1.29 is 8.78 Å². The first-order chi connectivity index (χ1) is 9.02. The van der Waals surface area contributed by atoms with Gasteiger partial charge in [-0.1, -0.05) is 31.9 Å². The number of benzene rings is 2. The molecular formula is C14H11Br2F2N. The Labute approximate surface area is 127 Å². The summed E-state index contributed by atoms with van der Waals surface area (Å²) in [4.78, 5) is 0. The Bertz CT molecular complexity index is 550. The van der Waals surface area contributed by atoms with Gasteiger partial charge in [0.1, 0.15) is 11.6 Å². The standard InChI is InChI=1S/C14H11Br2F2N/c1-19-14(10-6-8(15)2-4-12(10)16)11-7-9(17)3-5-13(11)18/h2-7,14,19H,1H3. The van der Waals surface area contributed by atoms with E-state index in [-0.39, 0.29) is 5.56 Å². The molecule has 0 saturated carbocycles.